The van der Waals surface area contributed by atoms with Crippen molar-refractivity contribution in [1.29, 1.82) is 0 Å². The van der Waals surface area contributed by atoms with E-state index < -0.39 is 6.04 Å². The van der Waals surface area contributed by atoms with E-state index in [1.807, 2.05) is 17.9 Å². The Labute approximate surface area is 172 Å². The molecule has 0 aliphatic carbocycles. The highest BCUT2D eigenvalue weighted by Gasteiger charge is 2.29. The first-order valence-corrected chi connectivity index (χ1v) is 11.2. The lowest BCUT2D eigenvalue weighted by molar-refractivity contribution is -0.134. The third-order valence-electron chi connectivity index (χ3n) is 4.70. The number of thiophene rings is 2. The predicted octanol–water partition coefficient (Wildman–Crippen LogP) is 2.93. The minimum atomic E-state index is -0.515. The molecule has 6 nitrogen and oxygen atoms in total. The number of hydrogen-bond donors (Lipinski definition) is 2. The van der Waals surface area contributed by atoms with E-state index in [-0.39, 0.29) is 17.7 Å². The van der Waals surface area contributed by atoms with E-state index in [2.05, 4.69) is 22.1 Å². The summed E-state index contributed by atoms with van der Waals surface area (Å²) < 4.78 is 0. The van der Waals surface area contributed by atoms with E-state index >= 15 is 0 Å². The van der Waals surface area contributed by atoms with Crippen LogP contribution >= 0.6 is 22.7 Å². The Morgan fingerprint density at radius 1 is 1.25 bits per heavy atom. The van der Waals surface area contributed by atoms with E-state index in [1.54, 1.807) is 17.4 Å². The lowest BCUT2D eigenvalue weighted by atomic mass is 10.1. The number of amides is 3. The number of rotatable bonds is 7. The molecule has 28 heavy (non-hydrogen) atoms. The van der Waals surface area contributed by atoms with Gasteiger partial charge in [0, 0.05) is 29.8 Å². The highest BCUT2D eigenvalue weighted by atomic mass is 32.1. The molecule has 0 bridgehead atoms. The second-order valence-electron chi connectivity index (χ2n) is 6.87. The van der Waals surface area contributed by atoms with E-state index in [1.165, 1.54) is 28.7 Å². The molecule has 1 unspecified atom stereocenters. The van der Waals surface area contributed by atoms with E-state index in [0.717, 1.165) is 17.7 Å². The molecule has 2 N–H and O–H groups in total. The molecule has 0 spiro atoms. The number of carbonyl (C=O) groups excluding carboxylic acids is 3. The highest BCUT2D eigenvalue weighted by Crippen LogP contribution is 2.25. The van der Waals surface area contributed by atoms with Crippen LogP contribution in [-0.2, 0) is 29.1 Å². The predicted molar refractivity (Wildman–Crippen MR) is 111 cm³/mol. The minimum absolute atomic E-state index is 0.0120. The Morgan fingerprint density at radius 3 is 2.82 bits per heavy atom. The van der Waals surface area contributed by atoms with Gasteiger partial charge in [-0.25, -0.2) is 0 Å². The molecule has 1 atom stereocenters. The molecule has 2 aromatic heterocycles. The summed E-state index contributed by atoms with van der Waals surface area (Å²) in [6.45, 7) is 5.19. The van der Waals surface area contributed by atoms with E-state index in [0.29, 0.717) is 30.9 Å². The SMILES string of the molecule is CCCC(NC(=O)c1ccc(CNC(C)=O)s1)C(=O)N1CCc2sccc2C1. The molecule has 8 heteroatoms. The molecule has 2 aromatic rings. The second kappa shape index (κ2) is 9.34. The molecule has 3 amide bonds. The summed E-state index contributed by atoms with van der Waals surface area (Å²) in [6, 6.07) is 5.13. The minimum Gasteiger partial charge on any atom is -0.351 e. The van der Waals surface area contributed by atoms with Gasteiger partial charge in [0.2, 0.25) is 11.8 Å². The smallest absolute Gasteiger partial charge is 0.262 e. The Morgan fingerprint density at radius 2 is 2.07 bits per heavy atom. The standard InChI is InChI=1S/C20H25N3O3S2/c1-3-4-16(20(26)23-9-7-17-14(12-23)8-10-27-17)22-19(25)18-6-5-15(28-18)11-21-13(2)24/h5-6,8,10,16H,3-4,7,9,11-12H2,1-2H3,(H,21,24)(H,22,25). The fourth-order valence-electron chi connectivity index (χ4n) is 3.24. The quantitative estimate of drug-likeness (QED) is 0.724. The fraction of sp³-hybridized carbons (Fsp3) is 0.450. The summed E-state index contributed by atoms with van der Waals surface area (Å²) in [5.41, 5.74) is 1.21. The maximum absolute atomic E-state index is 13.0. The molecule has 3 heterocycles. The van der Waals surface area contributed by atoms with Crippen molar-refractivity contribution in [3.05, 3.63) is 43.8 Å². The van der Waals surface area contributed by atoms with Crippen LogP contribution in [0.3, 0.4) is 0 Å². The zero-order valence-electron chi connectivity index (χ0n) is 16.1. The molecular formula is C20H25N3O3S2. The van der Waals surface area contributed by atoms with Gasteiger partial charge in [0.15, 0.2) is 0 Å². The second-order valence-corrected chi connectivity index (χ2v) is 9.04. The molecule has 150 valence electrons. The van der Waals surface area contributed by atoms with Gasteiger partial charge in [-0.05, 0) is 42.0 Å². The summed E-state index contributed by atoms with van der Waals surface area (Å²) in [6.07, 6.45) is 2.30. The third kappa shape index (κ3) is 4.99. The van der Waals surface area contributed by atoms with Crippen molar-refractivity contribution in [1.82, 2.24) is 15.5 Å². The van der Waals surface area contributed by atoms with Crippen LogP contribution in [-0.4, -0.2) is 35.2 Å². The summed E-state index contributed by atoms with van der Waals surface area (Å²) in [5.74, 6) is -0.357. The van der Waals surface area contributed by atoms with Gasteiger partial charge in [0.25, 0.3) is 5.91 Å². The largest absolute Gasteiger partial charge is 0.351 e. The van der Waals surface area contributed by atoms with Gasteiger partial charge in [-0.2, -0.15) is 0 Å². The van der Waals surface area contributed by atoms with Crippen LogP contribution in [0.5, 0.6) is 0 Å². The van der Waals surface area contributed by atoms with Crippen molar-refractivity contribution < 1.29 is 14.4 Å². The molecule has 0 saturated carbocycles. The summed E-state index contributed by atoms with van der Waals surface area (Å²) >= 11 is 3.07. The number of nitrogens with zero attached hydrogens (tertiary/aromatic N) is 1. The molecular weight excluding hydrogens is 394 g/mol. The van der Waals surface area contributed by atoms with Crippen LogP contribution < -0.4 is 10.6 Å². The van der Waals surface area contributed by atoms with Crippen LogP contribution in [0.15, 0.2) is 23.6 Å². The van der Waals surface area contributed by atoms with E-state index in [9.17, 15) is 14.4 Å². The van der Waals surface area contributed by atoms with Gasteiger partial charge in [-0.3, -0.25) is 14.4 Å². The number of hydrogen-bond acceptors (Lipinski definition) is 5. The van der Waals surface area contributed by atoms with Crippen molar-refractivity contribution in [2.75, 3.05) is 6.54 Å². The zero-order valence-corrected chi connectivity index (χ0v) is 17.8. The first-order chi connectivity index (χ1) is 13.5. The van der Waals surface area contributed by atoms with Crippen molar-refractivity contribution >= 4 is 40.4 Å². The average Bonchev–Trinajstić information content (AvgIpc) is 3.34. The van der Waals surface area contributed by atoms with Gasteiger partial charge in [0.1, 0.15) is 6.04 Å². The topological polar surface area (TPSA) is 78.5 Å². The van der Waals surface area contributed by atoms with Crippen molar-refractivity contribution in [3.8, 4) is 0 Å². The Hall–Kier alpha value is -2.19. The number of carbonyl (C=O) groups is 3. The van der Waals surface area contributed by atoms with E-state index in [4.69, 9.17) is 0 Å². The summed E-state index contributed by atoms with van der Waals surface area (Å²) in [4.78, 5) is 41.4. The Balaban J connectivity index is 1.63. The summed E-state index contributed by atoms with van der Waals surface area (Å²) in [5, 5.41) is 7.71. The maximum atomic E-state index is 13.0. The normalized spacial score (nSPS) is 14.3. The Kier molecular flexibility index (Phi) is 6.85. The van der Waals surface area contributed by atoms with Gasteiger partial charge < -0.3 is 15.5 Å². The molecule has 1 aliphatic heterocycles. The molecule has 0 fully saturated rings. The van der Waals surface area contributed by atoms with Crippen LogP contribution in [0.25, 0.3) is 0 Å². The first-order valence-electron chi connectivity index (χ1n) is 9.46. The van der Waals surface area contributed by atoms with Gasteiger partial charge in [0.05, 0.1) is 11.4 Å². The molecule has 0 saturated heterocycles. The summed E-state index contributed by atoms with van der Waals surface area (Å²) in [7, 11) is 0. The molecule has 0 radical (unpaired) electrons. The van der Waals surface area contributed by atoms with Crippen LogP contribution in [0.4, 0.5) is 0 Å². The number of fused-ring (bicyclic) bond motifs is 1. The monoisotopic (exact) mass is 419 g/mol. The molecule has 3 rings (SSSR count). The average molecular weight is 420 g/mol. The van der Waals surface area contributed by atoms with Gasteiger partial charge in [-0.1, -0.05) is 13.3 Å². The molecule has 0 aromatic carbocycles. The third-order valence-corrected chi connectivity index (χ3v) is 6.80. The zero-order chi connectivity index (χ0) is 20.1. The van der Waals surface area contributed by atoms with Crippen molar-refractivity contribution in [3.63, 3.8) is 0 Å². The van der Waals surface area contributed by atoms with Crippen molar-refractivity contribution in [2.24, 2.45) is 0 Å². The van der Waals surface area contributed by atoms with Gasteiger partial charge >= 0.3 is 0 Å². The first kappa shape index (κ1) is 20.5. The fourth-order valence-corrected chi connectivity index (χ4v) is 4.98. The molecule has 1 aliphatic rings. The van der Waals surface area contributed by atoms with Crippen molar-refractivity contribution in [2.45, 2.75) is 52.2 Å². The highest BCUT2D eigenvalue weighted by molar-refractivity contribution is 7.14. The Bertz CT molecular complexity index is 859. The van der Waals surface area contributed by atoms with Crippen LogP contribution in [0.1, 0.15) is 51.7 Å². The van der Waals surface area contributed by atoms with Crippen LogP contribution in [0.2, 0.25) is 0 Å². The lowest BCUT2D eigenvalue weighted by Gasteiger charge is -2.30. The maximum Gasteiger partial charge on any atom is 0.262 e. The lowest BCUT2D eigenvalue weighted by Crippen LogP contribution is -2.49. The number of nitrogens with one attached hydrogen (secondary N) is 2. The van der Waals surface area contributed by atoms with Crippen LogP contribution in [0, 0.1) is 0 Å². The van der Waals surface area contributed by atoms with Gasteiger partial charge in [-0.15, -0.1) is 22.7 Å².